The van der Waals surface area contributed by atoms with Gasteiger partial charge in [-0.3, -0.25) is 14.2 Å². The van der Waals surface area contributed by atoms with Gasteiger partial charge in [-0.25, -0.2) is 9.36 Å². The molecule has 1 amide bonds. The molecule has 2 heterocycles. The molecule has 6 nitrogen and oxygen atoms in total. The van der Waals surface area contributed by atoms with Crippen molar-refractivity contribution in [3.8, 4) is 5.69 Å². The maximum atomic E-state index is 13.4. The van der Waals surface area contributed by atoms with E-state index in [0.29, 0.717) is 34.0 Å². The molecular weight excluding hydrogens is 422 g/mol. The lowest BCUT2D eigenvalue weighted by Crippen LogP contribution is -2.42. The smallest absolute Gasteiger partial charge is 0.337 e. The third-order valence-corrected chi connectivity index (χ3v) is 6.83. The van der Waals surface area contributed by atoms with Gasteiger partial charge in [0.15, 0.2) is 0 Å². The Kier molecular flexibility index (Phi) is 6.83. The van der Waals surface area contributed by atoms with Crippen LogP contribution >= 0.6 is 22.9 Å². The van der Waals surface area contributed by atoms with Crippen LogP contribution in [0.15, 0.2) is 33.9 Å². The number of aryl methyl sites for hydroxylation is 2. The molecule has 2 aromatic heterocycles. The molecule has 0 bridgehead atoms. The van der Waals surface area contributed by atoms with Crippen LogP contribution in [0.4, 0.5) is 0 Å². The molecule has 0 aliphatic rings. The van der Waals surface area contributed by atoms with Gasteiger partial charge >= 0.3 is 5.69 Å². The molecule has 0 radical (unpaired) electrons. The van der Waals surface area contributed by atoms with Crippen LogP contribution in [0.2, 0.25) is 5.02 Å². The van der Waals surface area contributed by atoms with E-state index >= 15 is 0 Å². The van der Waals surface area contributed by atoms with Crippen molar-refractivity contribution in [2.24, 2.45) is 0 Å². The Hall–Kier alpha value is -2.38. The zero-order valence-electron chi connectivity index (χ0n) is 17.7. The first-order valence-corrected chi connectivity index (χ1v) is 11.3. The summed E-state index contributed by atoms with van der Waals surface area (Å²) in [6.07, 6.45) is 1.89. The molecule has 0 atom stereocenters. The molecule has 0 aliphatic heterocycles. The highest BCUT2D eigenvalue weighted by Gasteiger charge is 2.22. The number of rotatable bonds is 7. The quantitative estimate of drug-likeness (QED) is 0.547. The number of hydrogen-bond donors (Lipinski definition) is 0. The number of unbranched alkanes of at least 4 members (excludes halogenated alkanes) is 1. The number of carbonyl (C=O) groups excluding carboxylic acids is 1. The Morgan fingerprint density at radius 3 is 2.40 bits per heavy atom. The minimum Gasteiger partial charge on any atom is -0.341 e. The van der Waals surface area contributed by atoms with Crippen molar-refractivity contribution in [1.82, 2.24) is 14.0 Å². The maximum absolute atomic E-state index is 13.4. The number of hydrogen-bond acceptors (Lipinski definition) is 4. The lowest BCUT2D eigenvalue weighted by atomic mass is 10.2. The molecule has 3 aromatic rings. The first-order valence-electron chi connectivity index (χ1n) is 10.1. The number of nitrogens with zero attached hydrogens (tertiary/aromatic N) is 3. The predicted molar refractivity (Wildman–Crippen MR) is 123 cm³/mol. The van der Waals surface area contributed by atoms with Crippen molar-refractivity contribution in [3.05, 3.63) is 60.6 Å². The molecule has 0 saturated carbocycles. The van der Waals surface area contributed by atoms with Gasteiger partial charge in [0.05, 0.1) is 11.1 Å². The molecule has 0 fully saturated rings. The second kappa shape index (κ2) is 9.18. The van der Waals surface area contributed by atoms with Crippen molar-refractivity contribution < 1.29 is 4.79 Å². The van der Waals surface area contributed by atoms with E-state index in [-0.39, 0.29) is 18.0 Å². The monoisotopic (exact) mass is 447 g/mol. The van der Waals surface area contributed by atoms with E-state index in [1.807, 2.05) is 20.8 Å². The highest BCUT2D eigenvalue weighted by Crippen LogP contribution is 2.27. The topological polar surface area (TPSA) is 64.3 Å². The average Bonchev–Trinajstić information content (AvgIpc) is 3.02. The van der Waals surface area contributed by atoms with Gasteiger partial charge in [0, 0.05) is 23.0 Å². The third-order valence-electron chi connectivity index (χ3n) is 5.35. The molecular formula is C22H26ClN3O3S. The molecule has 0 spiro atoms. The molecule has 0 aliphatic carbocycles. The van der Waals surface area contributed by atoms with Crippen LogP contribution in [0, 0.1) is 13.8 Å². The van der Waals surface area contributed by atoms with Gasteiger partial charge in [0.2, 0.25) is 5.91 Å². The minimum atomic E-state index is -0.518. The molecule has 0 saturated heterocycles. The molecule has 160 valence electrons. The van der Waals surface area contributed by atoms with Crippen LogP contribution in [0.25, 0.3) is 15.9 Å². The summed E-state index contributed by atoms with van der Waals surface area (Å²) in [5, 5.41) is 0.997. The Morgan fingerprint density at radius 1 is 1.13 bits per heavy atom. The minimum absolute atomic E-state index is 0.0971. The first kappa shape index (κ1) is 22.3. The highest BCUT2D eigenvalue weighted by atomic mass is 35.5. The number of carbonyl (C=O) groups is 1. The van der Waals surface area contributed by atoms with E-state index in [1.54, 1.807) is 29.2 Å². The summed E-state index contributed by atoms with van der Waals surface area (Å²) < 4.78 is 2.57. The van der Waals surface area contributed by atoms with E-state index in [1.165, 1.54) is 15.9 Å². The average molecular weight is 448 g/mol. The normalized spacial score (nSPS) is 11.2. The largest absolute Gasteiger partial charge is 0.341 e. The number of amides is 1. The van der Waals surface area contributed by atoms with Gasteiger partial charge in [-0.2, -0.15) is 0 Å². The Morgan fingerprint density at radius 2 is 1.80 bits per heavy atom. The standard InChI is InChI=1S/C22H26ClN3O3S/c1-5-7-12-24(6-2)18(27)13-25-21-19(14(3)15(4)30-21)20(28)26(22(25)29)17-10-8-16(23)9-11-17/h8-11H,5-7,12-13H2,1-4H3. The van der Waals surface area contributed by atoms with Gasteiger partial charge in [-0.05, 0) is 57.0 Å². The van der Waals surface area contributed by atoms with Gasteiger partial charge in [0.25, 0.3) is 5.56 Å². The SMILES string of the molecule is CCCCN(CC)C(=O)Cn1c(=O)n(-c2ccc(Cl)cc2)c(=O)c2c(C)c(C)sc21. The fraction of sp³-hybridized carbons (Fsp3) is 0.409. The zero-order valence-corrected chi connectivity index (χ0v) is 19.3. The van der Waals surface area contributed by atoms with Crippen LogP contribution < -0.4 is 11.2 Å². The van der Waals surface area contributed by atoms with Gasteiger partial charge in [0.1, 0.15) is 11.4 Å². The van der Waals surface area contributed by atoms with Crippen LogP contribution in [-0.2, 0) is 11.3 Å². The van der Waals surface area contributed by atoms with Crippen LogP contribution in [0.1, 0.15) is 37.1 Å². The molecule has 0 unspecified atom stereocenters. The fourth-order valence-electron chi connectivity index (χ4n) is 3.46. The Bertz CT molecular complexity index is 1190. The number of thiophene rings is 1. The van der Waals surface area contributed by atoms with E-state index in [2.05, 4.69) is 6.92 Å². The number of fused-ring (bicyclic) bond motifs is 1. The lowest BCUT2D eigenvalue weighted by molar-refractivity contribution is -0.131. The zero-order chi connectivity index (χ0) is 22.0. The molecule has 3 rings (SSSR count). The lowest BCUT2D eigenvalue weighted by Gasteiger charge is -2.21. The Balaban J connectivity index is 2.22. The summed E-state index contributed by atoms with van der Waals surface area (Å²) in [7, 11) is 0. The van der Waals surface area contributed by atoms with Crippen molar-refractivity contribution in [2.75, 3.05) is 13.1 Å². The van der Waals surface area contributed by atoms with Crippen LogP contribution in [-0.4, -0.2) is 33.0 Å². The summed E-state index contributed by atoms with van der Waals surface area (Å²) in [5.74, 6) is -0.126. The molecule has 0 N–H and O–H groups in total. The number of aromatic nitrogens is 2. The predicted octanol–water partition coefficient (Wildman–Crippen LogP) is 4.13. The molecule has 8 heteroatoms. The summed E-state index contributed by atoms with van der Waals surface area (Å²) in [4.78, 5) is 42.9. The van der Waals surface area contributed by atoms with E-state index < -0.39 is 5.69 Å². The van der Waals surface area contributed by atoms with Gasteiger partial charge in [-0.1, -0.05) is 24.9 Å². The second-order valence-corrected chi connectivity index (χ2v) is 8.92. The van der Waals surface area contributed by atoms with Crippen molar-refractivity contribution in [3.63, 3.8) is 0 Å². The van der Waals surface area contributed by atoms with Crippen molar-refractivity contribution in [1.29, 1.82) is 0 Å². The molecule has 1 aromatic carbocycles. The van der Waals surface area contributed by atoms with Crippen LogP contribution in [0.3, 0.4) is 0 Å². The van der Waals surface area contributed by atoms with E-state index in [0.717, 1.165) is 27.8 Å². The number of benzene rings is 1. The van der Waals surface area contributed by atoms with Gasteiger partial charge in [-0.15, -0.1) is 11.3 Å². The third kappa shape index (κ3) is 4.09. The summed E-state index contributed by atoms with van der Waals surface area (Å²) in [5.41, 5.74) is 0.374. The van der Waals surface area contributed by atoms with Crippen molar-refractivity contribution >= 4 is 39.1 Å². The van der Waals surface area contributed by atoms with E-state index in [4.69, 9.17) is 11.6 Å². The fourth-order valence-corrected chi connectivity index (χ4v) is 4.72. The summed E-state index contributed by atoms with van der Waals surface area (Å²) >= 11 is 7.35. The maximum Gasteiger partial charge on any atom is 0.337 e. The number of halogens is 1. The highest BCUT2D eigenvalue weighted by molar-refractivity contribution is 7.18. The van der Waals surface area contributed by atoms with E-state index in [9.17, 15) is 14.4 Å². The van der Waals surface area contributed by atoms with Gasteiger partial charge < -0.3 is 4.90 Å². The van der Waals surface area contributed by atoms with Crippen LogP contribution in [0.5, 0.6) is 0 Å². The number of likely N-dealkylation sites (N-methyl/N-ethyl adjacent to an activating group) is 1. The summed E-state index contributed by atoms with van der Waals surface area (Å²) in [6, 6.07) is 6.55. The molecule has 30 heavy (non-hydrogen) atoms. The first-order chi connectivity index (χ1) is 14.3. The second-order valence-electron chi connectivity index (χ2n) is 7.28. The summed E-state index contributed by atoms with van der Waals surface area (Å²) in [6.45, 7) is 8.94. The Labute approximate surface area is 184 Å². The van der Waals surface area contributed by atoms with Crippen molar-refractivity contribution in [2.45, 2.75) is 47.1 Å².